The molecule has 0 saturated carbocycles. The first kappa shape index (κ1) is 18.7. The van der Waals surface area contributed by atoms with Crippen molar-refractivity contribution >= 4 is 28.5 Å². The molecule has 3 rings (SSSR count). The molecular weight excluding hydrogens is 360 g/mol. The molecule has 0 unspecified atom stereocenters. The van der Waals surface area contributed by atoms with Crippen LogP contribution in [0.15, 0.2) is 54.6 Å². The molecule has 0 fully saturated rings. The van der Waals surface area contributed by atoms with Crippen LogP contribution in [0.5, 0.6) is 11.5 Å². The number of hydrogen-bond donors (Lipinski definition) is 1. The van der Waals surface area contributed by atoms with E-state index in [9.17, 15) is 4.79 Å². The third kappa shape index (κ3) is 4.54. The highest BCUT2D eigenvalue weighted by molar-refractivity contribution is 7.16. The molecule has 1 N–H and O–H groups in total. The fourth-order valence-electron chi connectivity index (χ4n) is 2.59. The zero-order chi connectivity index (χ0) is 19.2. The number of nitrogens with zero attached hydrogens (tertiary/aromatic N) is 1. The Bertz CT molecular complexity index is 965. The van der Waals surface area contributed by atoms with Crippen molar-refractivity contribution in [3.63, 3.8) is 0 Å². The van der Waals surface area contributed by atoms with Crippen molar-refractivity contribution in [2.45, 2.75) is 6.92 Å². The van der Waals surface area contributed by atoms with Crippen molar-refractivity contribution in [3.05, 3.63) is 65.0 Å². The molecule has 0 aliphatic carbocycles. The van der Waals surface area contributed by atoms with Gasteiger partial charge in [0, 0.05) is 16.5 Å². The predicted molar refractivity (Wildman–Crippen MR) is 109 cm³/mol. The molecule has 138 valence electrons. The van der Waals surface area contributed by atoms with Crippen molar-refractivity contribution in [2.24, 2.45) is 0 Å². The smallest absolute Gasteiger partial charge is 0.250 e. The number of thiazole rings is 1. The topological polar surface area (TPSA) is 60.5 Å². The summed E-state index contributed by atoms with van der Waals surface area (Å²) in [4.78, 5) is 17.8. The van der Waals surface area contributed by atoms with Crippen LogP contribution in [0.2, 0.25) is 0 Å². The first-order chi connectivity index (χ1) is 13.1. The van der Waals surface area contributed by atoms with Crippen LogP contribution in [-0.2, 0) is 4.79 Å². The molecule has 0 atom stereocenters. The zero-order valence-corrected chi connectivity index (χ0v) is 16.2. The summed E-state index contributed by atoms with van der Waals surface area (Å²) in [6, 6.07) is 15.4. The Labute approximate surface area is 162 Å². The number of benzene rings is 2. The fraction of sp³-hybridized carbons (Fsp3) is 0.143. The van der Waals surface area contributed by atoms with Crippen molar-refractivity contribution < 1.29 is 14.3 Å². The highest BCUT2D eigenvalue weighted by Gasteiger charge is 2.11. The highest BCUT2D eigenvalue weighted by atomic mass is 32.1. The van der Waals surface area contributed by atoms with Gasteiger partial charge in [-0.3, -0.25) is 10.1 Å². The van der Waals surface area contributed by atoms with Gasteiger partial charge < -0.3 is 9.47 Å². The molecule has 0 bridgehead atoms. The second kappa shape index (κ2) is 8.51. The lowest BCUT2D eigenvalue weighted by atomic mass is 10.1. The van der Waals surface area contributed by atoms with E-state index in [-0.39, 0.29) is 5.91 Å². The quantitative estimate of drug-likeness (QED) is 0.625. The summed E-state index contributed by atoms with van der Waals surface area (Å²) in [7, 11) is 3.16. The summed E-state index contributed by atoms with van der Waals surface area (Å²) in [5.74, 6) is 1.02. The van der Waals surface area contributed by atoms with Gasteiger partial charge in [0.25, 0.3) is 0 Å². The second-order valence-electron chi connectivity index (χ2n) is 5.73. The predicted octanol–water partition coefficient (Wildman–Crippen LogP) is 4.79. The van der Waals surface area contributed by atoms with Gasteiger partial charge in [-0.1, -0.05) is 36.4 Å². The largest absolute Gasteiger partial charge is 0.493 e. The number of carbonyl (C=O) groups is 1. The zero-order valence-electron chi connectivity index (χ0n) is 15.4. The molecule has 0 radical (unpaired) electrons. The summed E-state index contributed by atoms with van der Waals surface area (Å²) in [6.07, 6.45) is 3.19. The van der Waals surface area contributed by atoms with Gasteiger partial charge in [0.05, 0.1) is 19.9 Å². The molecule has 3 aromatic rings. The lowest BCUT2D eigenvalue weighted by Gasteiger charge is -2.07. The molecule has 1 aromatic heterocycles. The molecule has 2 aromatic carbocycles. The number of aryl methyl sites for hydroxylation is 1. The van der Waals surface area contributed by atoms with E-state index in [0.29, 0.717) is 16.6 Å². The van der Waals surface area contributed by atoms with E-state index in [4.69, 9.17) is 9.47 Å². The first-order valence-electron chi connectivity index (χ1n) is 8.34. The molecule has 5 nitrogen and oxygen atoms in total. The SMILES string of the molecule is COc1ccc(C=CC(=O)Nc2nc(-c3ccccc3)c(C)s2)cc1OC. The van der Waals surface area contributed by atoms with E-state index in [0.717, 1.165) is 21.7 Å². The Morgan fingerprint density at radius 3 is 2.52 bits per heavy atom. The van der Waals surface area contributed by atoms with Gasteiger partial charge in [0.15, 0.2) is 16.6 Å². The molecule has 1 amide bonds. The van der Waals surface area contributed by atoms with Crippen molar-refractivity contribution in [3.8, 4) is 22.8 Å². The van der Waals surface area contributed by atoms with E-state index in [1.807, 2.05) is 49.4 Å². The van der Waals surface area contributed by atoms with Crippen LogP contribution in [0, 0.1) is 6.92 Å². The summed E-state index contributed by atoms with van der Waals surface area (Å²) >= 11 is 1.46. The number of rotatable bonds is 6. The number of methoxy groups -OCH3 is 2. The van der Waals surface area contributed by atoms with Crippen LogP contribution in [0.3, 0.4) is 0 Å². The Morgan fingerprint density at radius 1 is 1.07 bits per heavy atom. The number of amides is 1. The lowest BCUT2D eigenvalue weighted by Crippen LogP contribution is -2.07. The van der Waals surface area contributed by atoms with Crippen LogP contribution in [-0.4, -0.2) is 25.1 Å². The minimum absolute atomic E-state index is 0.238. The second-order valence-corrected chi connectivity index (χ2v) is 6.93. The average molecular weight is 380 g/mol. The standard InChI is InChI=1S/C21H20N2O3S/c1-14-20(16-7-5-4-6-8-16)23-21(27-14)22-19(24)12-10-15-9-11-17(25-2)18(13-15)26-3/h4-13H,1-3H3,(H,22,23,24). The maximum atomic E-state index is 12.2. The number of hydrogen-bond acceptors (Lipinski definition) is 5. The van der Waals surface area contributed by atoms with Crippen molar-refractivity contribution in [1.29, 1.82) is 0 Å². The Hall–Kier alpha value is -3.12. The van der Waals surface area contributed by atoms with Gasteiger partial charge in [-0.25, -0.2) is 4.98 Å². The number of nitrogens with one attached hydrogen (secondary N) is 1. The number of anilines is 1. The van der Waals surface area contributed by atoms with Gasteiger partial charge in [-0.2, -0.15) is 0 Å². The third-order valence-electron chi connectivity index (χ3n) is 3.91. The maximum absolute atomic E-state index is 12.2. The third-order valence-corrected chi connectivity index (χ3v) is 4.79. The summed E-state index contributed by atoms with van der Waals surface area (Å²) in [5, 5.41) is 3.40. The average Bonchev–Trinajstić information content (AvgIpc) is 3.06. The van der Waals surface area contributed by atoms with Gasteiger partial charge in [0.2, 0.25) is 5.91 Å². The normalized spacial score (nSPS) is 10.8. The van der Waals surface area contributed by atoms with Crippen molar-refractivity contribution in [2.75, 3.05) is 19.5 Å². The monoisotopic (exact) mass is 380 g/mol. The molecule has 0 aliphatic heterocycles. The summed E-state index contributed by atoms with van der Waals surface area (Å²) < 4.78 is 10.5. The summed E-state index contributed by atoms with van der Waals surface area (Å²) in [5.41, 5.74) is 2.76. The molecule has 0 saturated heterocycles. The van der Waals surface area contributed by atoms with Crippen LogP contribution in [0.4, 0.5) is 5.13 Å². The van der Waals surface area contributed by atoms with Crippen LogP contribution < -0.4 is 14.8 Å². The van der Waals surface area contributed by atoms with Gasteiger partial charge in [-0.15, -0.1) is 11.3 Å². The van der Waals surface area contributed by atoms with Crippen LogP contribution >= 0.6 is 11.3 Å². The fourth-order valence-corrected chi connectivity index (χ4v) is 3.43. The van der Waals surface area contributed by atoms with Crippen LogP contribution in [0.1, 0.15) is 10.4 Å². The van der Waals surface area contributed by atoms with Crippen LogP contribution in [0.25, 0.3) is 17.3 Å². The Balaban J connectivity index is 1.70. The van der Waals surface area contributed by atoms with E-state index in [1.54, 1.807) is 26.4 Å². The van der Waals surface area contributed by atoms with Crippen molar-refractivity contribution in [1.82, 2.24) is 4.98 Å². The molecule has 1 heterocycles. The molecule has 0 aliphatic rings. The minimum atomic E-state index is -0.238. The minimum Gasteiger partial charge on any atom is -0.493 e. The molecule has 6 heteroatoms. The van der Waals surface area contributed by atoms with Gasteiger partial charge in [-0.05, 0) is 30.7 Å². The summed E-state index contributed by atoms with van der Waals surface area (Å²) in [6.45, 7) is 2.00. The Kier molecular flexibility index (Phi) is 5.88. The van der Waals surface area contributed by atoms with Gasteiger partial charge >= 0.3 is 0 Å². The first-order valence-corrected chi connectivity index (χ1v) is 9.16. The maximum Gasteiger partial charge on any atom is 0.250 e. The molecule has 27 heavy (non-hydrogen) atoms. The number of carbonyl (C=O) groups excluding carboxylic acids is 1. The van der Waals surface area contributed by atoms with E-state index in [2.05, 4.69) is 10.3 Å². The van der Waals surface area contributed by atoms with E-state index >= 15 is 0 Å². The lowest BCUT2D eigenvalue weighted by molar-refractivity contribution is -0.111. The number of ether oxygens (including phenoxy) is 2. The van der Waals surface area contributed by atoms with E-state index in [1.165, 1.54) is 17.4 Å². The number of aromatic nitrogens is 1. The van der Waals surface area contributed by atoms with E-state index < -0.39 is 0 Å². The Morgan fingerprint density at radius 2 is 1.81 bits per heavy atom. The van der Waals surface area contributed by atoms with Gasteiger partial charge in [0.1, 0.15) is 0 Å². The molecular formula is C21H20N2O3S. The highest BCUT2D eigenvalue weighted by Crippen LogP contribution is 2.30. The molecule has 0 spiro atoms.